The van der Waals surface area contributed by atoms with Crippen LogP contribution in [0.25, 0.3) is 0 Å². The molecule has 0 saturated heterocycles. The van der Waals surface area contributed by atoms with Crippen LogP contribution < -0.4 is 0 Å². The summed E-state index contributed by atoms with van der Waals surface area (Å²) in [6.45, 7) is 2.67. The van der Waals surface area contributed by atoms with Crippen molar-refractivity contribution in [2.75, 3.05) is 26.8 Å². The van der Waals surface area contributed by atoms with Crippen molar-refractivity contribution in [1.82, 2.24) is 4.90 Å². The Balaban J connectivity index is 2.81. The van der Waals surface area contributed by atoms with Gasteiger partial charge in [0.15, 0.2) is 0 Å². The second-order valence-corrected chi connectivity index (χ2v) is 4.24. The third-order valence-electron chi connectivity index (χ3n) is 2.97. The number of ether oxygens (including phenoxy) is 1. The molecule has 0 amide bonds. The quantitative estimate of drug-likeness (QED) is 0.744. The van der Waals surface area contributed by atoms with Crippen molar-refractivity contribution in [2.45, 2.75) is 19.1 Å². The smallest absolute Gasteiger partial charge is 0.0978 e. The van der Waals surface area contributed by atoms with E-state index in [0.717, 1.165) is 5.56 Å². The molecule has 1 N–H and O–H groups in total. The van der Waals surface area contributed by atoms with Gasteiger partial charge in [0, 0.05) is 6.04 Å². The monoisotopic (exact) mass is 248 g/mol. The number of aliphatic hydroxyl groups is 1. The van der Waals surface area contributed by atoms with Crippen LogP contribution in [0, 0.1) is 11.3 Å². The summed E-state index contributed by atoms with van der Waals surface area (Å²) >= 11 is 0. The molecule has 0 spiro atoms. The molecule has 18 heavy (non-hydrogen) atoms. The highest BCUT2D eigenvalue weighted by atomic mass is 16.5. The number of nitriles is 1. The van der Waals surface area contributed by atoms with Gasteiger partial charge in [0.2, 0.25) is 0 Å². The van der Waals surface area contributed by atoms with Gasteiger partial charge >= 0.3 is 0 Å². The predicted molar refractivity (Wildman–Crippen MR) is 69.9 cm³/mol. The van der Waals surface area contributed by atoms with Gasteiger partial charge in [-0.05, 0) is 19.5 Å². The lowest BCUT2D eigenvalue weighted by atomic mass is 10.0. The Morgan fingerprint density at radius 1 is 1.39 bits per heavy atom. The molecule has 98 valence electrons. The molecule has 1 aromatic carbocycles. The molecule has 0 bridgehead atoms. The molecule has 1 aromatic rings. The number of benzene rings is 1. The molecule has 1 rings (SSSR count). The molecule has 0 saturated carbocycles. The van der Waals surface area contributed by atoms with E-state index in [4.69, 9.17) is 15.1 Å². The molecule has 0 aliphatic heterocycles. The van der Waals surface area contributed by atoms with Crippen LogP contribution in [0.2, 0.25) is 0 Å². The van der Waals surface area contributed by atoms with Gasteiger partial charge in [-0.2, -0.15) is 5.26 Å². The minimum Gasteiger partial charge on any atom is -0.394 e. The SMILES string of the molecule is C[C@@H]([C@H](OCCO)c1ccccc1)N(C)CC#N. The lowest BCUT2D eigenvalue weighted by Gasteiger charge is -2.30. The average molecular weight is 248 g/mol. The van der Waals surface area contributed by atoms with Crippen LogP contribution >= 0.6 is 0 Å². The molecule has 0 aliphatic carbocycles. The van der Waals surface area contributed by atoms with Crippen LogP contribution in [-0.4, -0.2) is 42.9 Å². The molecule has 0 fully saturated rings. The summed E-state index contributed by atoms with van der Waals surface area (Å²) in [6, 6.07) is 12.1. The van der Waals surface area contributed by atoms with Crippen molar-refractivity contribution < 1.29 is 9.84 Å². The fourth-order valence-corrected chi connectivity index (χ4v) is 1.82. The zero-order valence-electron chi connectivity index (χ0n) is 10.9. The standard InChI is InChI=1S/C14H20N2O2/c1-12(16(2)9-8-15)14(18-11-10-17)13-6-4-3-5-7-13/h3-7,12,14,17H,9-11H2,1-2H3/t12-,14-/m0/s1. The van der Waals surface area contributed by atoms with Crippen LogP contribution in [0.15, 0.2) is 30.3 Å². The first kappa shape index (κ1) is 14.7. The van der Waals surface area contributed by atoms with E-state index in [0.29, 0.717) is 13.2 Å². The summed E-state index contributed by atoms with van der Waals surface area (Å²) in [7, 11) is 1.89. The Hall–Kier alpha value is -1.41. The first-order valence-electron chi connectivity index (χ1n) is 6.05. The number of hydrogen-bond acceptors (Lipinski definition) is 4. The van der Waals surface area contributed by atoms with Crippen LogP contribution in [0.1, 0.15) is 18.6 Å². The molecule has 4 heteroatoms. The van der Waals surface area contributed by atoms with Crippen molar-refractivity contribution in [3.63, 3.8) is 0 Å². The van der Waals surface area contributed by atoms with E-state index in [1.807, 2.05) is 49.2 Å². The van der Waals surface area contributed by atoms with E-state index >= 15 is 0 Å². The maximum Gasteiger partial charge on any atom is 0.0978 e. The number of rotatable bonds is 7. The van der Waals surface area contributed by atoms with E-state index in [1.165, 1.54) is 0 Å². The summed E-state index contributed by atoms with van der Waals surface area (Å²) in [5, 5.41) is 17.6. The second kappa shape index (κ2) is 7.83. The number of likely N-dealkylation sites (N-methyl/N-ethyl adjacent to an activating group) is 1. The normalized spacial score (nSPS) is 14.2. The molecule has 0 heterocycles. The number of nitrogens with zero attached hydrogens (tertiary/aromatic N) is 2. The summed E-state index contributed by atoms with van der Waals surface area (Å²) in [5.74, 6) is 0. The van der Waals surface area contributed by atoms with Crippen LogP contribution in [0.3, 0.4) is 0 Å². The molecular formula is C14H20N2O2. The number of hydrogen-bond donors (Lipinski definition) is 1. The Bertz CT molecular complexity index is 375. The van der Waals surface area contributed by atoms with E-state index in [1.54, 1.807) is 0 Å². The zero-order valence-corrected chi connectivity index (χ0v) is 10.9. The zero-order chi connectivity index (χ0) is 13.4. The molecule has 0 aliphatic rings. The minimum atomic E-state index is -0.142. The first-order chi connectivity index (χ1) is 8.70. The Morgan fingerprint density at radius 3 is 2.61 bits per heavy atom. The summed E-state index contributed by atoms with van der Waals surface area (Å²) in [6.07, 6.45) is -0.142. The second-order valence-electron chi connectivity index (χ2n) is 4.24. The van der Waals surface area contributed by atoms with Crippen molar-refractivity contribution in [3.8, 4) is 6.07 Å². The van der Waals surface area contributed by atoms with Gasteiger partial charge < -0.3 is 9.84 Å². The van der Waals surface area contributed by atoms with E-state index < -0.39 is 0 Å². The summed E-state index contributed by atoms with van der Waals surface area (Å²) in [4.78, 5) is 1.94. The maximum absolute atomic E-state index is 8.89. The molecule has 2 atom stereocenters. The average Bonchev–Trinajstić information content (AvgIpc) is 2.40. The largest absolute Gasteiger partial charge is 0.394 e. The summed E-state index contributed by atoms with van der Waals surface area (Å²) < 4.78 is 5.71. The van der Waals surface area contributed by atoms with Gasteiger partial charge in [-0.1, -0.05) is 30.3 Å². The highest BCUT2D eigenvalue weighted by Gasteiger charge is 2.23. The van der Waals surface area contributed by atoms with E-state index in [2.05, 4.69) is 6.07 Å². The van der Waals surface area contributed by atoms with Crippen molar-refractivity contribution in [1.29, 1.82) is 5.26 Å². The predicted octanol–water partition coefficient (Wildman–Crippen LogP) is 1.58. The van der Waals surface area contributed by atoms with Crippen molar-refractivity contribution in [3.05, 3.63) is 35.9 Å². The Kier molecular flexibility index (Phi) is 6.37. The summed E-state index contributed by atoms with van der Waals surface area (Å²) in [5.41, 5.74) is 1.06. The van der Waals surface area contributed by atoms with Gasteiger partial charge in [0.05, 0.1) is 31.9 Å². The highest BCUT2D eigenvalue weighted by Crippen LogP contribution is 2.23. The minimum absolute atomic E-state index is 0.00197. The van der Waals surface area contributed by atoms with Gasteiger partial charge in [-0.25, -0.2) is 0 Å². The van der Waals surface area contributed by atoms with Gasteiger partial charge in [0.1, 0.15) is 0 Å². The Labute approximate surface area is 108 Å². The van der Waals surface area contributed by atoms with Gasteiger partial charge in [-0.15, -0.1) is 0 Å². The van der Waals surface area contributed by atoms with Gasteiger partial charge in [0.25, 0.3) is 0 Å². The lowest BCUT2D eigenvalue weighted by Crippen LogP contribution is -2.36. The highest BCUT2D eigenvalue weighted by molar-refractivity contribution is 5.19. The van der Waals surface area contributed by atoms with Crippen LogP contribution in [0.5, 0.6) is 0 Å². The van der Waals surface area contributed by atoms with E-state index in [-0.39, 0.29) is 18.8 Å². The molecule has 0 aromatic heterocycles. The molecule has 0 radical (unpaired) electrons. The third-order valence-corrected chi connectivity index (χ3v) is 2.97. The first-order valence-corrected chi connectivity index (χ1v) is 6.05. The third kappa shape index (κ3) is 4.11. The fraction of sp³-hybridized carbons (Fsp3) is 0.500. The molecular weight excluding hydrogens is 228 g/mol. The van der Waals surface area contributed by atoms with Gasteiger partial charge in [-0.3, -0.25) is 4.90 Å². The van der Waals surface area contributed by atoms with E-state index in [9.17, 15) is 0 Å². The molecule has 4 nitrogen and oxygen atoms in total. The number of aliphatic hydroxyl groups excluding tert-OH is 1. The topological polar surface area (TPSA) is 56.5 Å². The maximum atomic E-state index is 8.89. The van der Waals surface area contributed by atoms with Crippen molar-refractivity contribution >= 4 is 0 Å². The fourth-order valence-electron chi connectivity index (χ4n) is 1.82. The van der Waals surface area contributed by atoms with Crippen LogP contribution in [0.4, 0.5) is 0 Å². The van der Waals surface area contributed by atoms with Crippen LogP contribution in [-0.2, 0) is 4.74 Å². The molecule has 0 unspecified atom stereocenters. The Morgan fingerprint density at radius 2 is 2.06 bits per heavy atom. The lowest BCUT2D eigenvalue weighted by molar-refractivity contribution is -0.0154. The van der Waals surface area contributed by atoms with Crippen molar-refractivity contribution in [2.24, 2.45) is 0 Å².